The van der Waals surface area contributed by atoms with Gasteiger partial charge >= 0.3 is 0 Å². The first-order valence-electron chi connectivity index (χ1n) is 4.20. The van der Waals surface area contributed by atoms with Crippen molar-refractivity contribution < 1.29 is 13.2 Å². The second-order valence-corrected chi connectivity index (χ2v) is 4.84. The van der Waals surface area contributed by atoms with Gasteiger partial charge in [-0.15, -0.1) is 0 Å². The van der Waals surface area contributed by atoms with E-state index in [1.165, 1.54) is 12.4 Å². The summed E-state index contributed by atoms with van der Waals surface area (Å²) in [6, 6.07) is 1.55. The Bertz CT molecular complexity index is 444. The summed E-state index contributed by atoms with van der Waals surface area (Å²) in [6.07, 6.45) is 2.62. The van der Waals surface area contributed by atoms with Gasteiger partial charge in [-0.1, -0.05) is 0 Å². The standard InChI is InChI=1S/C8H10N2O3S/c1-6-4-10-14(11,12)8-5-9-3-2-7(8)13-6/h2-3,5-6,10H,4H2,1H3. The van der Waals surface area contributed by atoms with Crippen LogP contribution in [0.4, 0.5) is 0 Å². The van der Waals surface area contributed by atoms with Gasteiger partial charge in [0, 0.05) is 12.7 Å². The van der Waals surface area contributed by atoms with Gasteiger partial charge in [0.15, 0.2) is 0 Å². The highest BCUT2D eigenvalue weighted by atomic mass is 32.2. The largest absolute Gasteiger partial charge is 0.488 e. The van der Waals surface area contributed by atoms with Gasteiger partial charge in [-0.25, -0.2) is 13.1 Å². The third-order valence-electron chi connectivity index (χ3n) is 1.93. The first-order valence-corrected chi connectivity index (χ1v) is 5.68. The molecule has 0 saturated heterocycles. The Morgan fingerprint density at radius 1 is 1.64 bits per heavy atom. The van der Waals surface area contributed by atoms with E-state index in [1.807, 2.05) is 0 Å². The van der Waals surface area contributed by atoms with Crippen LogP contribution < -0.4 is 9.46 Å². The summed E-state index contributed by atoms with van der Waals surface area (Å²) in [4.78, 5) is 3.86. The number of pyridine rings is 1. The summed E-state index contributed by atoms with van der Waals surface area (Å²) in [6.45, 7) is 2.08. The highest BCUT2D eigenvalue weighted by Crippen LogP contribution is 2.24. The number of rotatable bonds is 0. The lowest BCUT2D eigenvalue weighted by Crippen LogP contribution is -2.29. The predicted molar refractivity (Wildman–Crippen MR) is 49.5 cm³/mol. The molecule has 5 nitrogen and oxygen atoms in total. The lowest BCUT2D eigenvalue weighted by molar-refractivity contribution is 0.224. The fourth-order valence-electron chi connectivity index (χ4n) is 1.23. The van der Waals surface area contributed by atoms with Crippen molar-refractivity contribution in [1.82, 2.24) is 9.71 Å². The average molecular weight is 214 g/mol. The number of ether oxygens (including phenoxy) is 1. The van der Waals surface area contributed by atoms with Crippen molar-refractivity contribution in [3.63, 3.8) is 0 Å². The second kappa shape index (κ2) is 3.21. The lowest BCUT2D eigenvalue weighted by atomic mass is 10.4. The highest BCUT2D eigenvalue weighted by Gasteiger charge is 2.25. The van der Waals surface area contributed by atoms with E-state index in [-0.39, 0.29) is 17.5 Å². The van der Waals surface area contributed by atoms with Crippen LogP contribution in [-0.2, 0) is 10.0 Å². The van der Waals surface area contributed by atoms with Crippen LogP contribution in [0.1, 0.15) is 6.92 Å². The molecule has 0 aromatic carbocycles. The maximum absolute atomic E-state index is 11.6. The van der Waals surface area contributed by atoms with E-state index >= 15 is 0 Å². The monoisotopic (exact) mass is 214 g/mol. The molecule has 1 aliphatic heterocycles. The van der Waals surface area contributed by atoms with Gasteiger partial charge in [-0.05, 0) is 13.0 Å². The minimum Gasteiger partial charge on any atom is -0.488 e. The average Bonchev–Trinajstić information content (AvgIpc) is 2.25. The van der Waals surface area contributed by atoms with Crippen molar-refractivity contribution in [3.8, 4) is 5.75 Å². The van der Waals surface area contributed by atoms with Crippen LogP contribution >= 0.6 is 0 Å². The van der Waals surface area contributed by atoms with Crippen LogP contribution in [0.3, 0.4) is 0 Å². The van der Waals surface area contributed by atoms with Gasteiger partial charge in [-0.2, -0.15) is 0 Å². The SMILES string of the molecule is CC1CNS(=O)(=O)c2cnccc2O1. The van der Waals surface area contributed by atoms with E-state index in [2.05, 4.69) is 9.71 Å². The van der Waals surface area contributed by atoms with Crippen molar-refractivity contribution in [3.05, 3.63) is 18.5 Å². The molecule has 0 bridgehead atoms. The Morgan fingerprint density at radius 2 is 2.43 bits per heavy atom. The summed E-state index contributed by atoms with van der Waals surface area (Å²) in [5.41, 5.74) is 0. The van der Waals surface area contributed by atoms with E-state index in [1.54, 1.807) is 13.0 Å². The fourth-order valence-corrected chi connectivity index (χ4v) is 2.42. The Balaban J connectivity index is 2.58. The summed E-state index contributed by atoms with van der Waals surface area (Å²) < 4.78 is 31.1. The Hall–Kier alpha value is -1.14. The highest BCUT2D eigenvalue weighted by molar-refractivity contribution is 7.89. The Kier molecular flexibility index (Phi) is 2.16. The van der Waals surface area contributed by atoms with Crippen LogP contribution in [0.5, 0.6) is 5.75 Å². The molecular weight excluding hydrogens is 204 g/mol. The molecule has 1 unspecified atom stereocenters. The molecule has 0 radical (unpaired) electrons. The van der Waals surface area contributed by atoms with Gasteiger partial charge in [-0.3, -0.25) is 4.98 Å². The maximum atomic E-state index is 11.6. The molecule has 14 heavy (non-hydrogen) atoms. The molecule has 6 heteroatoms. The zero-order valence-electron chi connectivity index (χ0n) is 7.60. The molecule has 0 aliphatic carbocycles. The first-order chi connectivity index (χ1) is 6.59. The maximum Gasteiger partial charge on any atom is 0.245 e. The number of hydrogen-bond donors (Lipinski definition) is 1. The number of hydrogen-bond acceptors (Lipinski definition) is 4. The summed E-state index contributed by atoms with van der Waals surface area (Å²) >= 11 is 0. The smallest absolute Gasteiger partial charge is 0.245 e. The number of nitrogens with one attached hydrogen (secondary N) is 1. The molecule has 76 valence electrons. The molecule has 0 spiro atoms. The number of fused-ring (bicyclic) bond motifs is 1. The van der Waals surface area contributed by atoms with E-state index < -0.39 is 10.0 Å². The third-order valence-corrected chi connectivity index (χ3v) is 3.36. The quantitative estimate of drug-likeness (QED) is 0.667. The van der Waals surface area contributed by atoms with Crippen LogP contribution in [-0.4, -0.2) is 26.1 Å². The number of sulfonamides is 1. The van der Waals surface area contributed by atoms with Crippen LogP contribution in [0.2, 0.25) is 0 Å². The van der Waals surface area contributed by atoms with Gasteiger partial charge in [0.1, 0.15) is 16.7 Å². The number of nitrogens with zero attached hydrogens (tertiary/aromatic N) is 1. The Labute approximate surface area is 82.2 Å². The molecule has 2 rings (SSSR count). The molecule has 1 atom stereocenters. The minimum absolute atomic E-state index is 0.101. The molecule has 1 aromatic heterocycles. The number of aromatic nitrogens is 1. The fraction of sp³-hybridized carbons (Fsp3) is 0.375. The summed E-state index contributed by atoms with van der Waals surface area (Å²) in [7, 11) is -3.45. The minimum atomic E-state index is -3.45. The predicted octanol–water partition coefficient (Wildman–Crippen LogP) is 0.141. The second-order valence-electron chi connectivity index (χ2n) is 3.10. The van der Waals surface area contributed by atoms with Gasteiger partial charge in [0.05, 0.1) is 6.20 Å². The Morgan fingerprint density at radius 3 is 3.21 bits per heavy atom. The van der Waals surface area contributed by atoms with E-state index in [9.17, 15) is 8.42 Å². The van der Waals surface area contributed by atoms with Gasteiger partial charge < -0.3 is 4.74 Å². The van der Waals surface area contributed by atoms with Crippen molar-refractivity contribution in [2.24, 2.45) is 0 Å². The van der Waals surface area contributed by atoms with Crippen LogP contribution in [0, 0.1) is 0 Å². The third kappa shape index (κ3) is 1.58. The molecule has 2 heterocycles. The van der Waals surface area contributed by atoms with Crippen molar-refractivity contribution >= 4 is 10.0 Å². The topological polar surface area (TPSA) is 68.3 Å². The summed E-state index contributed by atoms with van der Waals surface area (Å²) in [5, 5.41) is 0. The molecule has 1 aromatic rings. The normalized spacial score (nSPS) is 24.5. The van der Waals surface area contributed by atoms with Crippen molar-refractivity contribution in [2.45, 2.75) is 17.9 Å². The summed E-state index contributed by atoms with van der Waals surface area (Å²) in [5.74, 6) is 0.359. The van der Waals surface area contributed by atoms with Gasteiger partial charge in [0.2, 0.25) is 10.0 Å². The first kappa shape index (κ1) is 9.42. The molecular formula is C8H10N2O3S. The van der Waals surface area contributed by atoms with Crippen molar-refractivity contribution in [2.75, 3.05) is 6.54 Å². The van der Waals surface area contributed by atoms with E-state index in [4.69, 9.17) is 4.74 Å². The lowest BCUT2D eigenvalue weighted by Gasteiger charge is -2.09. The zero-order valence-corrected chi connectivity index (χ0v) is 8.41. The van der Waals surface area contributed by atoms with Gasteiger partial charge in [0.25, 0.3) is 0 Å². The zero-order chi connectivity index (χ0) is 10.2. The van der Waals surface area contributed by atoms with Crippen molar-refractivity contribution in [1.29, 1.82) is 0 Å². The molecule has 0 saturated carbocycles. The molecule has 1 aliphatic rings. The van der Waals surface area contributed by atoms with E-state index in [0.717, 1.165) is 0 Å². The molecule has 1 N–H and O–H groups in total. The molecule has 0 fully saturated rings. The van der Waals surface area contributed by atoms with Crippen LogP contribution in [0.15, 0.2) is 23.4 Å². The van der Waals surface area contributed by atoms with Crippen LogP contribution in [0.25, 0.3) is 0 Å². The molecule has 0 amide bonds. The van der Waals surface area contributed by atoms with E-state index in [0.29, 0.717) is 5.75 Å².